The monoisotopic (exact) mass is 215 g/mol. The van der Waals surface area contributed by atoms with Gasteiger partial charge in [0.25, 0.3) is 0 Å². The molecule has 16 heavy (non-hydrogen) atoms. The average molecular weight is 215 g/mol. The van der Waals surface area contributed by atoms with Gasteiger partial charge in [-0.1, -0.05) is 6.07 Å². The Kier molecular flexibility index (Phi) is 2.86. The summed E-state index contributed by atoms with van der Waals surface area (Å²) >= 11 is 0. The van der Waals surface area contributed by atoms with Crippen molar-refractivity contribution in [3.05, 3.63) is 41.6 Å². The van der Waals surface area contributed by atoms with Crippen LogP contribution in [0.25, 0.3) is 10.9 Å². The predicted octanol–water partition coefficient (Wildman–Crippen LogP) is 2.72. The number of pyridine rings is 1. The van der Waals surface area contributed by atoms with Gasteiger partial charge in [-0.25, -0.2) is 4.79 Å². The number of ether oxygens (including phenoxy) is 1. The Labute approximate surface area is 94.1 Å². The van der Waals surface area contributed by atoms with Crippen LogP contribution >= 0.6 is 0 Å². The van der Waals surface area contributed by atoms with Crippen LogP contribution in [0.3, 0.4) is 0 Å². The quantitative estimate of drug-likeness (QED) is 0.723. The fourth-order valence-electron chi connectivity index (χ4n) is 1.64. The molecule has 0 saturated carbocycles. The minimum atomic E-state index is -0.291. The van der Waals surface area contributed by atoms with Crippen molar-refractivity contribution >= 4 is 16.9 Å². The average Bonchev–Trinajstić information content (AvgIpc) is 2.28. The third kappa shape index (κ3) is 1.89. The largest absolute Gasteiger partial charge is 0.462 e. The molecule has 0 atom stereocenters. The second-order valence-corrected chi connectivity index (χ2v) is 3.61. The minimum Gasteiger partial charge on any atom is -0.462 e. The van der Waals surface area contributed by atoms with Crippen LogP contribution in [0.2, 0.25) is 0 Å². The molecule has 0 N–H and O–H groups in total. The van der Waals surface area contributed by atoms with Gasteiger partial charge in [-0.15, -0.1) is 0 Å². The molecule has 0 unspecified atom stereocenters. The first-order chi connectivity index (χ1) is 7.72. The highest BCUT2D eigenvalue weighted by atomic mass is 16.5. The van der Waals surface area contributed by atoms with E-state index in [-0.39, 0.29) is 5.97 Å². The number of benzene rings is 1. The maximum absolute atomic E-state index is 11.7. The number of hydrogen-bond donors (Lipinski definition) is 0. The number of rotatable bonds is 2. The lowest BCUT2D eigenvalue weighted by Gasteiger charge is -2.05. The summed E-state index contributed by atoms with van der Waals surface area (Å²) in [7, 11) is 0. The Morgan fingerprint density at radius 1 is 1.44 bits per heavy atom. The van der Waals surface area contributed by atoms with E-state index < -0.39 is 0 Å². The first kappa shape index (κ1) is 10.6. The Balaban J connectivity index is 2.60. The number of carbonyl (C=O) groups is 1. The fraction of sp³-hybridized carbons (Fsp3) is 0.231. The molecule has 0 aliphatic carbocycles. The predicted molar refractivity (Wildman–Crippen MR) is 62.4 cm³/mol. The Morgan fingerprint density at radius 3 is 3.00 bits per heavy atom. The van der Waals surface area contributed by atoms with Crippen molar-refractivity contribution < 1.29 is 9.53 Å². The van der Waals surface area contributed by atoms with Crippen LogP contribution in [-0.4, -0.2) is 17.6 Å². The van der Waals surface area contributed by atoms with Gasteiger partial charge in [-0.3, -0.25) is 4.98 Å². The number of fused-ring (bicyclic) bond motifs is 1. The van der Waals surface area contributed by atoms with Crippen LogP contribution < -0.4 is 0 Å². The summed E-state index contributed by atoms with van der Waals surface area (Å²) in [6, 6.07) is 7.42. The molecule has 0 amide bonds. The fourth-order valence-corrected chi connectivity index (χ4v) is 1.64. The molecule has 2 rings (SSSR count). The van der Waals surface area contributed by atoms with Crippen LogP contribution in [0.4, 0.5) is 0 Å². The van der Waals surface area contributed by atoms with Crippen LogP contribution in [0.15, 0.2) is 30.5 Å². The summed E-state index contributed by atoms with van der Waals surface area (Å²) in [5, 5.41) is 0.848. The highest BCUT2D eigenvalue weighted by molar-refractivity contribution is 6.03. The molecule has 0 aliphatic rings. The zero-order chi connectivity index (χ0) is 11.5. The molecule has 0 spiro atoms. The van der Waals surface area contributed by atoms with E-state index in [4.69, 9.17) is 4.74 Å². The Hall–Kier alpha value is -1.90. The van der Waals surface area contributed by atoms with Gasteiger partial charge in [0.05, 0.1) is 17.7 Å². The van der Waals surface area contributed by atoms with E-state index in [1.54, 1.807) is 19.2 Å². The topological polar surface area (TPSA) is 39.2 Å². The zero-order valence-electron chi connectivity index (χ0n) is 9.36. The number of nitrogens with zero attached hydrogens (tertiary/aromatic N) is 1. The lowest BCUT2D eigenvalue weighted by atomic mass is 10.1. The van der Waals surface area contributed by atoms with Crippen molar-refractivity contribution in [2.45, 2.75) is 13.8 Å². The maximum atomic E-state index is 11.7. The molecule has 1 aromatic heterocycles. The molecule has 2 aromatic rings. The SMILES string of the molecule is CCOC(=O)c1cccc2ncc(C)cc12. The van der Waals surface area contributed by atoms with Crippen LogP contribution in [0.5, 0.6) is 0 Å². The van der Waals surface area contributed by atoms with Crippen LogP contribution in [0.1, 0.15) is 22.8 Å². The van der Waals surface area contributed by atoms with Crippen LogP contribution in [0, 0.1) is 6.92 Å². The van der Waals surface area contributed by atoms with Gasteiger partial charge in [0.15, 0.2) is 0 Å². The van der Waals surface area contributed by atoms with Crippen molar-refractivity contribution in [1.29, 1.82) is 0 Å². The maximum Gasteiger partial charge on any atom is 0.338 e. The summed E-state index contributed by atoms with van der Waals surface area (Å²) in [6.07, 6.45) is 1.79. The first-order valence-corrected chi connectivity index (χ1v) is 5.25. The highest BCUT2D eigenvalue weighted by Crippen LogP contribution is 2.18. The molecule has 3 nitrogen and oxygen atoms in total. The summed E-state index contributed by atoms with van der Waals surface area (Å²) in [6.45, 7) is 4.13. The molecule has 3 heteroatoms. The third-order valence-electron chi connectivity index (χ3n) is 2.36. The summed E-state index contributed by atoms with van der Waals surface area (Å²) in [5.74, 6) is -0.291. The van der Waals surface area contributed by atoms with E-state index >= 15 is 0 Å². The standard InChI is InChI=1S/C13H13NO2/c1-3-16-13(15)10-5-4-6-12-11(10)7-9(2)8-14-12/h4-8H,3H2,1-2H3. The second kappa shape index (κ2) is 4.31. The molecule has 1 heterocycles. The van der Waals surface area contributed by atoms with Gasteiger partial charge >= 0.3 is 5.97 Å². The van der Waals surface area contributed by atoms with Crippen LogP contribution in [-0.2, 0) is 4.74 Å². The summed E-state index contributed by atoms with van der Waals surface area (Å²) in [4.78, 5) is 16.0. The van der Waals surface area contributed by atoms with Gasteiger partial charge in [-0.2, -0.15) is 0 Å². The zero-order valence-corrected chi connectivity index (χ0v) is 9.36. The molecule has 0 radical (unpaired) electrons. The minimum absolute atomic E-state index is 0.291. The first-order valence-electron chi connectivity index (χ1n) is 5.25. The molecule has 0 aliphatic heterocycles. The van der Waals surface area contributed by atoms with E-state index in [2.05, 4.69) is 4.98 Å². The van der Waals surface area contributed by atoms with Gasteiger partial charge in [0, 0.05) is 11.6 Å². The highest BCUT2D eigenvalue weighted by Gasteiger charge is 2.10. The number of carbonyl (C=O) groups excluding carboxylic acids is 1. The number of aromatic nitrogens is 1. The van der Waals surface area contributed by atoms with Gasteiger partial charge in [-0.05, 0) is 37.6 Å². The molecular formula is C13H13NO2. The van der Waals surface area contributed by atoms with Gasteiger partial charge in [0.2, 0.25) is 0 Å². The van der Waals surface area contributed by atoms with Gasteiger partial charge in [0.1, 0.15) is 0 Å². The molecule has 0 fully saturated rings. The van der Waals surface area contributed by atoms with Crippen molar-refractivity contribution in [1.82, 2.24) is 4.98 Å². The molecule has 1 aromatic carbocycles. The molecule has 0 saturated heterocycles. The van der Waals surface area contributed by atoms with E-state index in [0.717, 1.165) is 16.5 Å². The molecule has 82 valence electrons. The Morgan fingerprint density at radius 2 is 2.25 bits per heavy atom. The summed E-state index contributed by atoms with van der Waals surface area (Å²) < 4.78 is 5.01. The second-order valence-electron chi connectivity index (χ2n) is 3.61. The molecular weight excluding hydrogens is 202 g/mol. The van der Waals surface area contributed by atoms with E-state index in [9.17, 15) is 4.79 Å². The van der Waals surface area contributed by atoms with Gasteiger partial charge < -0.3 is 4.74 Å². The van der Waals surface area contributed by atoms with E-state index in [0.29, 0.717) is 12.2 Å². The lowest BCUT2D eigenvalue weighted by molar-refractivity contribution is 0.0528. The normalized spacial score (nSPS) is 10.4. The van der Waals surface area contributed by atoms with Crippen molar-refractivity contribution in [2.75, 3.05) is 6.61 Å². The van der Waals surface area contributed by atoms with E-state index in [1.807, 2.05) is 25.1 Å². The van der Waals surface area contributed by atoms with Crippen molar-refractivity contribution in [3.63, 3.8) is 0 Å². The van der Waals surface area contributed by atoms with E-state index in [1.165, 1.54) is 0 Å². The Bertz CT molecular complexity index is 534. The lowest BCUT2D eigenvalue weighted by Crippen LogP contribution is -2.05. The number of hydrogen-bond acceptors (Lipinski definition) is 3. The molecule has 0 bridgehead atoms. The number of aryl methyl sites for hydroxylation is 1. The third-order valence-corrected chi connectivity index (χ3v) is 2.36. The number of esters is 1. The van der Waals surface area contributed by atoms with Crippen molar-refractivity contribution in [2.24, 2.45) is 0 Å². The smallest absolute Gasteiger partial charge is 0.338 e. The van der Waals surface area contributed by atoms with Crippen molar-refractivity contribution in [3.8, 4) is 0 Å². The summed E-state index contributed by atoms with van der Waals surface area (Å²) in [5.41, 5.74) is 2.43.